The van der Waals surface area contributed by atoms with E-state index in [0.29, 0.717) is 12.0 Å². The van der Waals surface area contributed by atoms with Gasteiger partial charge in [-0.25, -0.2) is 4.39 Å². The highest BCUT2D eigenvalue weighted by molar-refractivity contribution is 5.89. The summed E-state index contributed by atoms with van der Waals surface area (Å²) < 4.78 is 13.5. The first-order chi connectivity index (χ1) is 8.50. The Kier molecular flexibility index (Phi) is 3.32. The molecule has 96 valence electrons. The summed E-state index contributed by atoms with van der Waals surface area (Å²) >= 11 is 0. The first kappa shape index (κ1) is 12.5. The number of carboxylic acid groups (broad SMARTS) is 1. The summed E-state index contributed by atoms with van der Waals surface area (Å²) in [5.41, 5.74) is 0.401. The lowest BCUT2D eigenvalue weighted by Crippen LogP contribution is -2.29. The Bertz CT molecular complexity index is 489. The summed E-state index contributed by atoms with van der Waals surface area (Å²) in [6.45, 7) is 1.68. The lowest BCUT2D eigenvalue weighted by atomic mass is 10.1. The third-order valence-electron chi connectivity index (χ3n) is 3.17. The molecule has 3 atom stereocenters. The van der Waals surface area contributed by atoms with Crippen LogP contribution in [0.5, 0.6) is 0 Å². The molecule has 0 saturated heterocycles. The summed E-state index contributed by atoms with van der Waals surface area (Å²) in [5, 5.41) is 11.4. The maximum Gasteiger partial charge on any atom is 0.307 e. The van der Waals surface area contributed by atoms with Crippen molar-refractivity contribution in [1.82, 2.24) is 5.32 Å². The number of nitrogens with one attached hydrogen (secondary N) is 1. The minimum absolute atomic E-state index is 0.321. The van der Waals surface area contributed by atoms with E-state index in [4.69, 9.17) is 5.11 Å². The van der Waals surface area contributed by atoms with Gasteiger partial charge in [0.2, 0.25) is 5.91 Å². The number of carboxylic acids is 1. The van der Waals surface area contributed by atoms with Gasteiger partial charge < -0.3 is 10.4 Å². The number of amides is 1. The molecule has 2 rings (SSSR count). The standard InChI is InChI=1S/C13H14FNO3/c1-7(8-4-2-3-5-11(8)14)15-12(16)9-6-10(9)13(17)18/h2-5,7,9-10H,6H2,1H3,(H,15,16)(H,17,18)/t7-,9?,10?/m1/s1. The van der Waals surface area contributed by atoms with Gasteiger partial charge in [-0.05, 0) is 19.4 Å². The minimum Gasteiger partial charge on any atom is -0.481 e. The molecule has 18 heavy (non-hydrogen) atoms. The van der Waals surface area contributed by atoms with E-state index in [-0.39, 0.29) is 11.7 Å². The molecular formula is C13H14FNO3. The number of carbonyl (C=O) groups excluding carboxylic acids is 1. The first-order valence-corrected chi connectivity index (χ1v) is 5.78. The molecule has 2 unspecified atom stereocenters. The molecule has 1 aromatic carbocycles. The Hall–Kier alpha value is -1.91. The summed E-state index contributed by atoms with van der Waals surface area (Å²) in [6.07, 6.45) is 0.366. The lowest BCUT2D eigenvalue weighted by Gasteiger charge is -2.14. The van der Waals surface area contributed by atoms with Crippen LogP contribution >= 0.6 is 0 Å². The summed E-state index contributed by atoms with van der Waals surface area (Å²) in [6, 6.07) is 5.73. The Morgan fingerprint density at radius 1 is 1.39 bits per heavy atom. The first-order valence-electron chi connectivity index (χ1n) is 5.78. The molecule has 1 aliphatic rings. The fourth-order valence-corrected chi connectivity index (χ4v) is 1.98. The second kappa shape index (κ2) is 4.76. The number of benzene rings is 1. The summed E-state index contributed by atoms with van der Waals surface area (Å²) in [7, 11) is 0. The quantitative estimate of drug-likeness (QED) is 0.856. The lowest BCUT2D eigenvalue weighted by molar-refractivity contribution is -0.140. The number of aliphatic carboxylic acids is 1. The molecule has 5 heteroatoms. The third kappa shape index (κ3) is 2.50. The van der Waals surface area contributed by atoms with Crippen LogP contribution in [-0.4, -0.2) is 17.0 Å². The Morgan fingerprint density at radius 2 is 2.06 bits per heavy atom. The fraction of sp³-hybridized carbons (Fsp3) is 0.385. The van der Waals surface area contributed by atoms with Crippen LogP contribution in [0.25, 0.3) is 0 Å². The van der Waals surface area contributed by atoms with E-state index in [2.05, 4.69) is 5.32 Å². The van der Waals surface area contributed by atoms with Crippen LogP contribution in [0.4, 0.5) is 4.39 Å². The largest absolute Gasteiger partial charge is 0.481 e. The van der Waals surface area contributed by atoms with Crippen molar-refractivity contribution >= 4 is 11.9 Å². The molecule has 1 saturated carbocycles. The van der Waals surface area contributed by atoms with Crippen LogP contribution in [-0.2, 0) is 9.59 Å². The topological polar surface area (TPSA) is 66.4 Å². The zero-order chi connectivity index (χ0) is 13.3. The van der Waals surface area contributed by atoms with Crippen LogP contribution in [0.1, 0.15) is 24.9 Å². The fourth-order valence-electron chi connectivity index (χ4n) is 1.98. The van der Waals surface area contributed by atoms with Gasteiger partial charge in [0.05, 0.1) is 17.9 Å². The van der Waals surface area contributed by atoms with Gasteiger partial charge in [-0.2, -0.15) is 0 Å². The van der Waals surface area contributed by atoms with Crippen molar-refractivity contribution in [2.75, 3.05) is 0 Å². The number of hydrogen-bond donors (Lipinski definition) is 2. The average molecular weight is 251 g/mol. The second-order valence-corrected chi connectivity index (χ2v) is 4.54. The van der Waals surface area contributed by atoms with Gasteiger partial charge in [-0.3, -0.25) is 9.59 Å². The van der Waals surface area contributed by atoms with Crippen LogP contribution in [0.3, 0.4) is 0 Å². The van der Waals surface area contributed by atoms with Crippen molar-refractivity contribution in [2.45, 2.75) is 19.4 Å². The molecule has 1 aromatic rings. The van der Waals surface area contributed by atoms with Crippen molar-refractivity contribution < 1.29 is 19.1 Å². The van der Waals surface area contributed by atoms with Gasteiger partial charge in [-0.1, -0.05) is 18.2 Å². The van der Waals surface area contributed by atoms with Gasteiger partial charge in [0.1, 0.15) is 5.82 Å². The Morgan fingerprint density at radius 3 is 2.61 bits per heavy atom. The monoisotopic (exact) mass is 251 g/mol. The highest BCUT2D eigenvalue weighted by Gasteiger charge is 2.48. The smallest absolute Gasteiger partial charge is 0.307 e. The Balaban J connectivity index is 1.97. The molecule has 0 aromatic heterocycles. The number of carbonyl (C=O) groups is 2. The zero-order valence-electron chi connectivity index (χ0n) is 9.89. The van der Waals surface area contributed by atoms with Crippen molar-refractivity contribution in [2.24, 2.45) is 11.8 Å². The van der Waals surface area contributed by atoms with E-state index in [0.717, 1.165) is 0 Å². The highest BCUT2D eigenvalue weighted by atomic mass is 19.1. The maximum absolute atomic E-state index is 13.5. The number of rotatable bonds is 4. The average Bonchev–Trinajstić information content (AvgIpc) is 3.09. The number of halogens is 1. The molecule has 0 aliphatic heterocycles. The van der Waals surface area contributed by atoms with E-state index < -0.39 is 23.8 Å². The van der Waals surface area contributed by atoms with Gasteiger partial charge in [0, 0.05) is 5.56 Å². The van der Waals surface area contributed by atoms with Crippen molar-refractivity contribution in [3.8, 4) is 0 Å². The summed E-state index contributed by atoms with van der Waals surface area (Å²) in [4.78, 5) is 22.4. The predicted octanol–water partition coefficient (Wildman–Crippen LogP) is 1.72. The third-order valence-corrected chi connectivity index (χ3v) is 3.17. The van der Waals surface area contributed by atoms with E-state index >= 15 is 0 Å². The van der Waals surface area contributed by atoms with Crippen molar-refractivity contribution in [1.29, 1.82) is 0 Å². The molecule has 4 nitrogen and oxygen atoms in total. The SMILES string of the molecule is C[C@@H](NC(=O)C1CC1C(=O)O)c1ccccc1F. The minimum atomic E-state index is -0.950. The van der Waals surface area contributed by atoms with E-state index in [1.54, 1.807) is 25.1 Å². The van der Waals surface area contributed by atoms with Crippen molar-refractivity contribution in [3.05, 3.63) is 35.6 Å². The van der Waals surface area contributed by atoms with Gasteiger partial charge >= 0.3 is 5.97 Å². The molecule has 2 N–H and O–H groups in total. The van der Waals surface area contributed by atoms with E-state index in [9.17, 15) is 14.0 Å². The molecule has 1 fully saturated rings. The van der Waals surface area contributed by atoms with Crippen LogP contribution in [0.2, 0.25) is 0 Å². The molecule has 1 aliphatic carbocycles. The second-order valence-electron chi connectivity index (χ2n) is 4.54. The van der Waals surface area contributed by atoms with Gasteiger partial charge in [-0.15, -0.1) is 0 Å². The van der Waals surface area contributed by atoms with Gasteiger partial charge in [0.25, 0.3) is 0 Å². The summed E-state index contributed by atoms with van der Waals surface area (Å²) in [5.74, 6) is -2.71. The maximum atomic E-state index is 13.5. The van der Waals surface area contributed by atoms with Crippen LogP contribution in [0.15, 0.2) is 24.3 Å². The molecular weight excluding hydrogens is 237 g/mol. The zero-order valence-corrected chi connectivity index (χ0v) is 9.89. The van der Waals surface area contributed by atoms with Gasteiger partial charge in [0.15, 0.2) is 0 Å². The van der Waals surface area contributed by atoms with E-state index in [1.807, 2.05) is 0 Å². The highest BCUT2D eigenvalue weighted by Crippen LogP contribution is 2.39. The predicted molar refractivity (Wildman–Crippen MR) is 62.2 cm³/mol. The van der Waals surface area contributed by atoms with E-state index in [1.165, 1.54) is 6.07 Å². The molecule has 1 amide bonds. The van der Waals surface area contributed by atoms with Crippen LogP contribution in [0, 0.1) is 17.7 Å². The van der Waals surface area contributed by atoms with Crippen molar-refractivity contribution in [3.63, 3.8) is 0 Å². The molecule has 0 heterocycles. The normalized spacial score (nSPS) is 23.2. The van der Waals surface area contributed by atoms with Crippen LogP contribution < -0.4 is 5.32 Å². The number of hydrogen-bond acceptors (Lipinski definition) is 2. The molecule has 0 spiro atoms. The Labute approximate surface area is 104 Å². The molecule has 0 radical (unpaired) electrons. The molecule has 0 bridgehead atoms.